The summed E-state index contributed by atoms with van der Waals surface area (Å²) in [5, 5.41) is 13.6. The molecule has 0 spiro atoms. The van der Waals surface area contributed by atoms with E-state index in [1.807, 2.05) is 61.5 Å². The highest BCUT2D eigenvalue weighted by Gasteiger charge is 2.38. The summed E-state index contributed by atoms with van der Waals surface area (Å²) in [6, 6.07) is 18.5. The van der Waals surface area contributed by atoms with Crippen molar-refractivity contribution in [1.29, 1.82) is 5.26 Å². The minimum Gasteiger partial charge on any atom is -0.324 e. The van der Waals surface area contributed by atoms with Crippen LogP contribution in [0.3, 0.4) is 0 Å². The van der Waals surface area contributed by atoms with Gasteiger partial charge in [-0.2, -0.15) is 5.26 Å². The Morgan fingerprint density at radius 1 is 1.22 bits per heavy atom. The van der Waals surface area contributed by atoms with Crippen LogP contribution < -0.4 is 10.4 Å². The number of hydrogen-bond donors (Lipinski definition) is 1. The highest BCUT2D eigenvalue weighted by Crippen LogP contribution is 2.28. The molecule has 0 aromatic heterocycles. The van der Waals surface area contributed by atoms with Gasteiger partial charge in [-0.05, 0) is 30.7 Å². The summed E-state index contributed by atoms with van der Waals surface area (Å²) < 4.78 is 0. The zero-order chi connectivity index (χ0) is 16.2. The van der Waals surface area contributed by atoms with Gasteiger partial charge in [0, 0.05) is 12.1 Å². The monoisotopic (exact) mass is 307 g/mol. The molecule has 1 aliphatic heterocycles. The van der Waals surface area contributed by atoms with Gasteiger partial charge in [0.15, 0.2) is 6.10 Å². The molecule has 2 atom stereocenters. The summed E-state index contributed by atoms with van der Waals surface area (Å²) in [7, 11) is 0. The lowest BCUT2D eigenvalue weighted by Crippen LogP contribution is -2.39. The molecule has 2 aromatic rings. The van der Waals surface area contributed by atoms with E-state index in [-0.39, 0.29) is 5.91 Å². The van der Waals surface area contributed by atoms with E-state index in [0.717, 1.165) is 16.9 Å². The summed E-state index contributed by atoms with van der Waals surface area (Å²) in [5.74, 6) is -0.180. The average Bonchev–Trinajstić information content (AvgIpc) is 3.02. The predicted octanol–water partition coefficient (Wildman–Crippen LogP) is 3.04. The number of hydrogen-bond acceptors (Lipinski definition) is 4. The van der Waals surface area contributed by atoms with E-state index in [2.05, 4.69) is 11.4 Å². The van der Waals surface area contributed by atoms with Crippen LogP contribution in [0.15, 0.2) is 54.6 Å². The maximum atomic E-state index is 12.7. The highest BCUT2D eigenvalue weighted by atomic mass is 16.7. The zero-order valence-corrected chi connectivity index (χ0v) is 12.8. The number of carbonyl (C=O) groups excluding carboxylic acids is 1. The summed E-state index contributed by atoms with van der Waals surface area (Å²) in [6.45, 7) is 1.94. The Morgan fingerprint density at radius 3 is 2.61 bits per heavy atom. The Labute approximate surface area is 135 Å². The number of nitriles is 1. The lowest BCUT2D eigenvalue weighted by Gasteiger charge is -2.23. The number of nitrogens with zero attached hydrogens (tertiary/aromatic N) is 2. The number of anilines is 2. The minimum absolute atomic E-state index is 0.180. The van der Waals surface area contributed by atoms with Crippen LogP contribution in [0.5, 0.6) is 0 Å². The van der Waals surface area contributed by atoms with Crippen LogP contribution in [0.2, 0.25) is 0 Å². The van der Waals surface area contributed by atoms with Gasteiger partial charge in [0.1, 0.15) is 6.04 Å². The van der Waals surface area contributed by atoms with E-state index >= 15 is 0 Å². The number of rotatable bonds is 3. The number of carbonyl (C=O) groups is 1. The molecule has 2 unspecified atom stereocenters. The molecule has 1 saturated heterocycles. The summed E-state index contributed by atoms with van der Waals surface area (Å²) in [6.07, 6.45) is -0.286. The number of nitrogens with one attached hydrogen (secondary N) is 1. The standard InChI is InChI=1S/C18H17N3O2/c1-13-7-5-6-10-16(13)20-18(22)17-11-15(12-19)23-21(17)14-8-3-2-4-9-14/h2-10,15,17H,11H2,1H3,(H,20,22). The summed E-state index contributed by atoms with van der Waals surface area (Å²) in [4.78, 5) is 18.3. The second-order valence-electron chi connectivity index (χ2n) is 5.44. The van der Waals surface area contributed by atoms with Gasteiger partial charge in [0.05, 0.1) is 11.8 Å². The molecule has 0 aliphatic carbocycles. The predicted molar refractivity (Wildman–Crippen MR) is 87.6 cm³/mol. The Morgan fingerprint density at radius 2 is 1.91 bits per heavy atom. The van der Waals surface area contributed by atoms with Crippen LogP contribution in [0.1, 0.15) is 12.0 Å². The molecule has 5 nitrogen and oxygen atoms in total. The first-order valence-corrected chi connectivity index (χ1v) is 7.46. The normalized spacial score (nSPS) is 20.1. The number of hydroxylamine groups is 1. The zero-order valence-electron chi connectivity index (χ0n) is 12.8. The molecule has 116 valence electrons. The maximum absolute atomic E-state index is 12.7. The molecule has 5 heteroatoms. The van der Waals surface area contributed by atoms with Gasteiger partial charge in [-0.1, -0.05) is 36.4 Å². The molecule has 1 fully saturated rings. The first kappa shape index (κ1) is 15.1. The third kappa shape index (κ3) is 3.17. The van der Waals surface area contributed by atoms with Gasteiger partial charge in [-0.25, -0.2) is 5.06 Å². The van der Waals surface area contributed by atoms with E-state index < -0.39 is 12.1 Å². The molecule has 2 aromatic carbocycles. The molecule has 1 aliphatic rings. The molecular formula is C18H17N3O2. The van der Waals surface area contributed by atoms with Gasteiger partial charge in [0.2, 0.25) is 5.91 Å². The molecule has 0 bridgehead atoms. The third-order valence-corrected chi connectivity index (χ3v) is 3.82. The molecule has 3 rings (SSSR count). The molecule has 1 N–H and O–H groups in total. The van der Waals surface area contributed by atoms with E-state index in [1.54, 1.807) is 0 Å². The first-order valence-electron chi connectivity index (χ1n) is 7.46. The van der Waals surface area contributed by atoms with Crippen LogP contribution in [0.25, 0.3) is 0 Å². The van der Waals surface area contributed by atoms with Gasteiger partial charge < -0.3 is 5.32 Å². The van der Waals surface area contributed by atoms with E-state index in [0.29, 0.717) is 6.42 Å². The average molecular weight is 307 g/mol. The molecular weight excluding hydrogens is 290 g/mol. The van der Waals surface area contributed by atoms with Crippen molar-refractivity contribution in [3.8, 4) is 6.07 Å². The number of aryl methyl sites for hydroxylation is 1. The number of amides is 1. The van der Waals surface area contributed by atoms with Crippen molar-refractivity contribution >= 4 is 17.3 Å². The molecule has 1 heterocycles. The Balaban J connectivity index is 1.82. The smallest absolute Gasteiger partial charge is 0.249 e. The fraction of sp³-hybridized carbons (Fsp3) is 0.222. The fourth-order valence-electron chi connectivity index (χ4n) is 2.59. The van der Waals surface area contributed by atoms with Crippen LogP contribution in [0.4, 0.5) is 11.4 Å². The van der Waals surface area contributed by atoms with Crippen molar-refractivity contribution in [2.45, 2.75) is 25.5 Å². The van der Waals surface area contributed by atoms with Crippen LogP contribution in [0, 0.1) is 18.3 Å². The van der Waals surface area contributed by atoms with Crippen molar-refractivity contribution in [3.05, 3.63) is 60.2 Å². The Kier molecular flexibility index (Phi) is 4.26. The third-order valence-electron chi connectivity index (χ3n) is 3.82. The van der Waals surface area contributed by atoms with Crippen molar-refractivity contribution < 1.29 is 9.63 Å². The summed E-state index contributed by atoms with van der Waals surface area (Å²) in [5.41, 5.74) is 2.52. The van der Waals surface area contributed by atoms with Crippen molar-refractivity contribution in [1.82, 2.24) is 0 Å². The number of para-hydroxylation sites is 2. The SMILES string of the molecule is Cc1ccccc1NC(=O)C1CC(C#N)ON1c1ccccc1. The quantitative estimate of drug-likeness (QED) is 0.946. The van der Waals surface area contributed by atoms with E-state index in [1.165, 1.54) is 5.06 Å². The van der Waals surface area contributed by atoms with Gasteiger partial charge in [-0.15, -0.1) is 0 Å². The molecule has 23 heavy (non-hydrogen) atoms. The topological polar surface area (TPSA) is 65.4 Å². The van der Waals surface area contributed by atoms with Gasteiger partial charge in [-0.3, -0.25) is 9.63 Å². The van der Waals surface area contributed by atoms with Crippen LogP contribution in [-0.2, 0) is 9.63 Å². The molecule has 0 radical (unpaired) electrons. The van der Waals surface area contributed by atoms with Crippen molar-refractivity contribution in [3.63, 3.8) is 0 Å². The molecule has 0 saturated carbocycles. The van der Waals surface area contributed by atoms with Crippen molar-refractivity contribution in [2.24, 2.45) is 0 Å². The minimum atomic E-state index is -0.622. The molecule has 1 amide bonds. The first-order chi connectivity index (χ1) is 11.2. The largest absolute Gasteiger partial charge is 0.324 e. The summed E-state index contributed by atoms with van der Waals surface area (Å²) >= 11 is 0. The Hall–Kier alpha value is -2.84. The lowest BCUT2D eigenvalue weighted by atomic mass is 10.1. The maximum Gasteiger partial charge on any atom is 0.249 e. The second-order valence-corrected chi connectivity index (χ2v) is 5.44. The van der Waals surface area contributed by atoms with E-state index in [4.69, 9.17) is 10.1 Å². The number of benzene rings is 2. The fourth-order valence-corrected chi connectivity index (χ4v) is 2.59. The Bertz CT molecular complexity index is 739. The van der Waals surface area contributed by atoms with Gasteiger partial charge in [0.25, 0.3) is 0 Å². The lowest BCUT2D eigenvalue weighted by molar-refractivity contribution is -0.117. The van der Waals surface area contributed by atoms with Crippen molar-refractivity contribution in [2.75, 3.05) is 10.4 Å². The van der Waals surface area contributed by atoms with Gasteiger partial charge >= 0.3 is 0 Å². The van der Waals surface area contributed by atoms with E-state index in [9.17, 15) is 4.79 Å². The van der Waals surface area contributed by atoms with Crippen LogP contribution >= 0.6 is 0 Å². The second kappa shape index (κ2) is 6.51. The highest BCUT2D eigenvalue weighted by molar-refractivity contribution is 5.97. The van der Waals surface area contributed by atoms with Crippen LogP contribution in [-0.4, -0.2) is 18.1 Å².